The maximum absolute atomic E-state index is 13.0. The van der Waals surface area contributed by atoms with Crippen LogP contribution in [0.2, 0.25) is 0 Å². The SMILES string of the molecule is C[N+]1(C)CCCC1COC(=O)C(O)(c1ccccc1)c1ccccc1.C[N+]1(C)CCN(CC(O)(c2ccccc2)C2CCCCC2)CC1. The second-order valence-corrected chi connectivity index (χ2v) is 15.6. The van der Waals surface area contributed by atoms with Gasteiger partial charge in [-0.3, -0.25) is 4.90 Å². The number of ether oxygens (including phenoxy) is 1. The van der Waals surface area contributed by atoms with Crippen molar-refractivity contribution in [3.63, 3.8) is 0 Å². The summed E-state index contributed by atoms with van der Waals surface area (Å²) in [6.45, 7) is 6.74. The van der Waals surface area contributed by atoms with Gasteiger partial charge in [0.1, 0.15) is 18.2 Å². The lowest BCUT2D eigenvalue weighted by Gasteiger charge is -2.45. The Kier molecular flexibility index (Phi) is 11.8. The van der Waals surface area contributed by atoms with Crippen LogP contribution < -0.4 is 0 Å². The number of likely N-dealkylation sites (tertiary alicyclic amines) is 1. The first kappa shape index (κ1) is 36.2. The van der Waals surface area contributed by atoms with Crippen molar-refractivity contribution in [2.45, 2.75) is 62.2 Å². The standard InChI is InChI=1S/C21H26NO3.C20H33N2O/c1-22(2)15-9-14-19(22)16-25-20(23)21(24,17-10-5-3-6-11-17)18-12-7-4-8-13-18;1-22(2)15-13-21(14-16-22)17-20(23,18-9-5-3-6-10-18)19-11-7-4-8-12-19/h3-8,10-13,19,24H,9,14-16H2,1-2H3;3,5-6,9-10,19,23H,4,7-8,11-17H2,1-2H3/q2*+1. The highest BCUT2D eigenvalue weighted by atomic mass is 16.6. The molecule has 1 saturated carbocycles. The number of rotatable bonds is 9. The molecule has 2 unspecified atom stereocenters. The fraction of sp³-hybridized carbons (Fsp3) is 0.537. The van der Waals surface area contributed by atoms with Gasteiger partial charge in [0.25, 0.3) is 0 Å². The van der Waals surface area contributed by atoms with Gasteiger partial charge in [-0.25, -0.2) is 4.79 Å². The summed E-state index contributed by atoms with van der Waals surface area (Å²) in [7, 11) is 8.93. The fourth-order valence-corrected chi connectivity index (χ4v) is 7.90. The molecule has 2 heterocycles. The summed E-state index contributed by atoms with van der Waals surface area (Å²) in [5.41, 5.74) is -0.321. The minimum Gasteiger partial charge on any atom is -0.457 e. The van der Waals surface area contributed by atoms with Gasteiger partial charge < -0.3 is 23.9 Å². The highest BCUT2D eigenvalue weighted by molar-refractivity contribution is 5.85. The second kappa shape index (κ2) is 15.6. The average Bonchev–Trinajstić information content (AvgIpc) is 3.46. The smallest absolute Gasteiger partial charge is 0.347 e. The van der Waals surface area contributed by atoms with Crippen molar-refractivity contribution in [2.24, 2.45) is 5.92 Å². The zero-order valence-corrected chi connectivity index (χ0v) is 29.8. The molecule has 7 heteroatoms. The first-order chi connectivity index (χ1) is 22.9. The number of piperazine rings is 1. The number of quaternary nitrogens is 2. The van der Waals surface area contributed by atoms with E-state index in [1.165, 1.54) is 45.2 Å². The maximum Gasteiger partial charge on any atom is 0.347 e. The number of hydrogen-bond acceptors (Lipinski definition) is 5. The van der Waals surface area contributed by atoms with E-state index >= 15 is 0 Å². The fourth-order valence-electron chi connectivity index (χ4n) is 7.90. The molecule has 6 rings (SSSR count). The van der Waals surface area contributed by atoms with Gasteiger partial charge in [0.05, 0.1) is 47.8 Å². The first-order valence-corrected chi connectivity index (χ1v) is 18.1. The molecular weight excluding hydrogens is 598 g/mol. The van der Waals surface area contributed by atoms with Crippen molar-refractivity contribution in [3.05, 3.63) is 108 Å². The third-order valence-corrected chi connectivity index (χ3v) is 11.4. The van der Waals surface area contributed by atoms with Gasteiger partial charge in [0.2, 0.25) is 5.60 Å². The lowest BCUT2D eigenvalue weighted by Crippen LogP contribution is -2.58. The van der Waals surface area contributed by atoms with Gasteiger partial charge in [-0.05, 0) is 35.4 Å². The van der Waals surface area contributed by atoms with Crippen LogP contribution in [0.15, 0.2) is 91.0 Å². The molecule has 48 heavy (non-hydrogen) atoms. The van der Waals surface area contributed by atoms with Crippen LogP contribution in [-0.4, -0.2) is 110 Å². The van der Waals surface area contributed by atoms with E-state index in [1.54, 1.807) is 24.3 Å². The normalized spacial score (nSPS) is 22.6. The lowest BCUT2D eigenvalue weighted by atomic mass is 9.73. The third kappa shape index (κ3) is 8.55. The molecule has 0 amide bonds. The molecule has 2 saturated heterocycles. The predicted octanol–water partition coefficient (Wildman–Crippen LogP) is 5.55. The topological polar surface area (TPSA) is 70.0 Å². The quantitative estimate of drug-likeness (QED) is 0.233. The minimum atomic E-state index is -1.79. The Balaban J connectivity index is 0.000000188. The summed E-state index contributed by atoms with van der Waals surface area (Å²) in [5.74, 6) is -0.208. The largest absolute Gasteiger partial charge is 0.457 e. The van der Waals surface area contributed by atoms with Crippen LogP contribution in [0, 0.1) is 5.92 Å². The van der Waals surface area contributed by atoms with Gasteiger partial charge in [-0.2, -0.15) is 0 Å². The molecule has 2 atom stereocenters. The van der Waals surface area contributed by atoms with Crippen LogP contribution in [-0.2, 0) is 20.7 Å². The van der Waals surface area contributed by atoms with E-state index in [0.29, 0.717) is 23.7 Å². The van der Waals surface area contributed by atoms with Crippen LogP contribution in [0.3, 0.4) is 0 Å². The monoisotopic (exact) mass is 657 g/mol. The maximum atomic E-state index is 13.0. The molecule has 3 aliphatic rings. The number of benzene rings is 3. The highest BCUT2D eigenvalue weighted by Crippen LogP contribution is 2.40. The minimum absolute atomic E-state index is 0.278. The van der Waals surface area contributed by atoms with Crippen LogP contribution in [0.5, 0.6) is 0 Å². The summed E-state index contributed by atoms with van der Waals surface area (Å²) < 4.78 is 7.58. The van der Waals surface area contributed by atoms with Gasteiger partial charge in [-0.1, -0.05) is 110 Å². The zero-order valence-electron chi connectivity index (χ0n) is 29.8. The molecule has 260 valence electrons. The van der Waals surface area contributed by atoms with Crippen LogP contribution in [0.1, 0.15) is 61.6 Å². The predicted molar refractivity (Wildman–Crippen MR) is 192 cm³/mol. The number of carbonyl (C=O) groups excluding carboxylic acids is 1. The number of carbonyl (C=O) groups is 1. The van der Waals surface area contributed by atoms with Crippen molar-refractivity contribution in [3.8, 4) is 0 Å². The van der Waals surface area contributed by atoms with Crippen LogP contribution in [0.25, 0.3) is 0 Å². The molecule has 7 nitrogen and oxygen atoms in total. The number of hydrogen-bond donors (Lipinski definition) is 2. The Morgan fingerprint density at radius 1 is 0.708 bits per heavy atom. The molecule has 3 aromatic rings. The van der Waals surface area contributed by atoms with E-state index in [9.17, 15) is 15.0 Å². The summed E-state index contributed by atoms with van der Waals surface area (Å²) in [6.07, 6.45) is 8.37. The van der Waals surface area contributed by atoms with Gasteiger partial charge >= 0.3 is 5.97 Å². The van der Waals surface area contributed by atoms with E-state index in [-0.39, 0.29) is 6.04 Å². The number of likely N-dealkylation sites (N-methyl/N-ethyl adjacent to an activating group) is 2. The summed E-state index contributed by atoms with van der Waals surface area (Å²) in [4.78, 5) is 15.4. The molecule has 0 aromatic heterocycles. The van der Waals surface area contributed by atoms with Crippen molar-refractivity contribution in [1.29, 1.82) is 0 Å². The number of nitrogens with zero attached hydrogens (tertiary/aromatic N) is 3. The third-order valence-electron chi connectivity index (χ3n) is 11.4. The molecule has 0 spiro atoms. The first-order valence-electron chi connectivity index (χ1n) is 18.1. The van der Waals surface area contributed by atoms with E-state index in [4.69, 9.17) is 4.74 Å². The highest BCUT2D eigenvalue weighted by Gasteiger charge is 2.44. The Morgan fingerprint density at radius 3 is 1.69 bits per heavy atom. The zero-order chi connectivity index (χ0) is 34.3. The number of aliphatic hydroxyl groups is 2. The van der Waals surface area contributed by atoms with E-state index in [1.807, 2.05) is 42.5 Å². The molecule has 2 aliphatic heterocycles. The Bertz CT molecular complexity index is 1380. The van der Waals surface area contributed by atoms with E-state index in [0.717, 1.165) is 53.6 Å². The molecule has 1 aliphatic carbocycles. The van der Waals surface area contributed by atoms with Crippen molar-refractivity contribution in [1.82, 2.24) is 4.90 Å². The van der Waals surface area contributed by atoms with Gasteiger partial charge in [-0.15, -0.1) is 0 Å². The van der Waals surface area contributed by atoms with Crippen molar-refractivity contribution < 1.29 is 28.7 Å². The lowest BCUT2D eigenvalue weighted by molar-refractivity contribution is -0.902. The van der Waals surface area contributed by atoms with Crippen LogP contribution in [0.4, 0.5) is 0 Å². The molecule has 0 bridgehead atoms. The van der Waals surface area contributed by atoms with Crippen molar-refractivity contribution >= 4 is 5.97 Å². The molecular formula is C41H59N3O4+2. The average molecular weight is 658 g/mol. The summed E-state index contributed by atoms with van der Waals surface area (Å²) in [6, 6.07) is 28.7. The molecule has 2 N–H and O–H groups in total. The molecule has 0 radical (unpaired) electrons. The summed E-state index contributed by atoms with van der Waals surface area (Å²) >= 11 is 0. The van der Waals surface area contributed by atoms with Crippen LogP contribution >= 0.6 is 0 Å². The van der Waals surface area contributed by atoms with Gasteiger partial charge in [0, 0.05) is 32.5 Å². The second-order valence-electron chi connectivity index (χ2n) is 15.6. The molecule has 3 aromatic carbocycles. The summed E-state index contributed by atoms with van der Waals surface area (Å²) in [5, 5.41) is 23.1. The van der Waals surface area contributed by atoms with Gasteiger partial charge in [0.15, 0.2) is 0 Å². The van der Waals surface area contributed by atoms with E-state index < -0.39 is 17.2 Å². The number of esters is 1. The van der Waals surface area contributed by atoms with E-state index in [2.05, 4.69) is 57.4 Å². The Labute approximate surface area is 288 Å². The Morgan fingerprint density at radius 2 is 1.21 bits per heavy atom. The Hall–Kier alpha value is -3.07. The number of β-amino-alcohol motifs (C(OH)–C–C–N with tert-alkyl or cyclic N) is 1. The van der Waals surface area contributed by atoms with Crippen molar-refractivity contribution in [2.75, 3.05) is 74.1 Å². The molecule has 3 fully saturated rings.